The molecule has 1 fully saturated rings. The Hall–Kier alpha value is -1.25. The average molecular weight is 344 g/mol. The molecule has 1 saturated heterocycles. The quantitative estimate of drug-likeness (QED) is 0.333. The summed E-state index contributed by atoms with van der Waals surface area (Å²) in [6.07, 6.45) is 0. The first-order chi connectivity index (χ1) is 8.96. The van der Waals surface area contributed by atoms with Gasteiger partial charge in [0.15, 0.2) is 0 Å². The minimum atomic E-state index is -7.07. The van der Waals surface area contributed by atoms with Crippen LogP contribution in [0.5, 0.6) is 0 Å². The monoisotopic (exact) mass is 344 g/mol. The molecule has 0 aromatic heterocycles. The van der Waals surface area contributed by atoms with Crippen LogP contribution in [0.1, 0.15) is 0 Å². The summed E-state index contributed by atoms with van der Waals surface area (Å²) in [6, 6.07) is -39.2. The number of piperazine rings is 1. The highest BCUT2D eigenvalue weighted by atomic mass is 19.4. The van der Waals surface area contributed by atoms with Gasteiger partial charge in [0.25, 0.3) is 0 Å². The smallest absolute Gasteiger partial charge is 0.252 e. The van der Waals surface area contributed by atoms with Crippen LogP contribution in [0.3, 0.4) is 0 Å². The van der Waals surface area contributed by atoms with Gasteiger partial charge < -0.3 is 0 Å². The third-order valence-corrected chi connectivity index (χ3v) is 2.30. The second kappa shape index (κ2) is 4.15. The zero-order chi connectivity index (χ0) is 17.2. The van der Waals surface area contributed by atoms with Gasteiger partial charge in [-0.3, -0.25) is 4.79 Å². The highest BCUT2D eigenvalue weighted by Gasteiger charge is 2.90. The van der Waals surface area contributed by atoms with E-state index < -0.39 is 46.3 Å². The summed E-state index contributed by atoms with van der Waals surface area (Å²) in [5.41, 5.74) is 0. The highest BCUT2D eigenvalue weighted by Crippen LogP contribution is 2.60. The lowest BCUT2D eigenvalue weighted by Crippen LogP contribution is -2.82. The molecule has 1 heterocycles. The Morgan fingerprint density at radius 3 is 1.29 bits per heavy atom. The van der Waals surface area contributed by atoms with Crippen molar-refractivity contribution in [1.82, 2.24) is 10.0 Å². The van der Waals surface area contributed by atoms with Gasteiger partial charge in [0.05, 0.1) is 0 Å². The summed E-state index contributed by atoms with van der Waals surface area (Å²) in [7, 11) is 0. The van der Waals surface area contributed by atoms with Crippen molar-refractivity contribution >= 4 is 6.04 Å². The van der Waals surface area contributed by atoms with E-state index in [-0.39, 0.29) is 0 Å². The maximum Gasteiger partial charge on any atom is 0.412 e. The molecule has 1 rings (SSSR count). The number of halogens is 12. The molecule has 0 aromatic rings. The number of carbonyl (C=O) groups excluding carboxylic acids is 1. The van der Waals surface area contributed by atoms with Gasteiger partial charge in [-0.05, 0) is 5.12 Å². The maximum absolute atomic E-state index is 12.9. The summed E-state index contributed by atoms with van der Waals surface area (Å²) in [4.78, 5) is 6.06. The number of carbonyl (C=O) groups is 1. The van der Waals surface area contributed by atoms with Gasteiger partial charge in [0.2, 0.25) is 0 Å². The van der Waals surface area contributed by atoms with E-state index in [2.05, 4.69) is 0 Å². The summed E-state index contributed by atoms with van der Waals surface area (Å²) in [6.45, 7) is 0. The SMILES string of the molecule is O=C(F)C(F)(F)N1C(F)(F)C(F)(F)N(F)C(F)(F)C1(F)F. The Morgan fingerprint density at radius 2 is 1.05 bits per heavy atom. The Morgan fingerprint density at radius 1 is 0.762 bits per heavy atom. The van der Waals surface area contributed by atoms with Crippen molar-refractivity contribution in [1.29, 1.82) is 0 Å². The molecule has 0 bridgehead atoms. The van der Waals surface area contributed by atoms with Gasteiger partial charge in [-0.1, -0.05) is 4.90 Å². The van der Waals surface area contributed by atoms with Gasteiger partial charge in [-0.2, -0.15) is 48.3 Å². The third-order valence-electron chi connectivity index (χ3n) is 2.30. The van der Waals surface area contributed by atoms with Crippen LogP contribution in [0.4, 0.5) is 52.8 Å². The second-order valence-corrected chi connectivity index (χ2v) is 3.60. The lowest BCUT2D eigenvalue weighted by molar-refractivity contribution is -0.559. The lowest BCUT2D eigenvalue weighted by Gasteiger charge is -2.50. The second-order valence-electron chi connectivity index (χ2n) is 3.60. The molecule has 0 aliphatic carbocycles. The van der Waals surface area contributed by atoms with Gasteiger partial charge >= 0.3 is 36.3 Å². The van der Waals surface area contributed by atoms with E-state index in [0.717, 1.165) is 0 Å². The average Bonchev–Trinajstić information content (AvgIpc) is 2.24. The summed E-state index contributed by atoms with van der Waals surface area (Å²) in [5, 5.41) is -3.64. The highest BCUT2D eigenvalue weighted by molar-refractivity contribution is 5.76. The molecule has 0 aromatic carbocycles. The minimum absolute atomic E-state index is 3.64. The molecule has 0 N–H and O–H groups in total. The summed E-state index contributed by atoms with van der Waals surface area (Å²) >= 11 is 0. The molecule has 1 aliphatic rings. The standard InChI is InChI=1S/C6F12N2O/c7-1(21)2(8,9)19-3(10,11)5(14,15)20(18)6(16,17)4(19,12)13. The fraction of sp³-hybridized carbons (Fsp3) is 0.833. The molecule has 0 radical (unpaired) electrons. The maximum atomic E-state index is 12.9. The van der Waals surface area contributed by atoms with Crippen molar-refractivity contribution in [3.63, 3.8) is 0 Å². The predicted octanol–water partition coefficient (Wildman–Crippen LogP) is 2.95. The van der Waals surface area contributed by atoms with E-state index in [1.165, 1.54) is 0 Å². The van der Waals surface area contributed by atoms with Crippen LogP contribution in [-0.4, -0.2) is 46.3 Å². The largest absolute Gasteiger partial charge is 0.412 e. The molecule has 1 aliphatic heterocycles. The lowest BCUT2D eigenvalue weighted by atomic mass is 10.2. The van der Waals surface area contributed by atoms with Crippen LogP contribution in [0.15, 0.2) is 0 Å². The molecule has 0 saturated carbocycles. The van der Waals surface area contributed by atoms with Crippen molar-refractivity contribution in [2.45, 2.75) is 30.2 Å². The molecular formula is C6F12N2O. The Labute approximate surface area is 105 Å². The predicted molar refractivity (Wildman–Crippen MR) is 35.6 cm³/mol. The van der Waals surface area contributed by atoms with Crippen molar-refractivity contribution in [2.75, 3.05) is 0 Å². The first-order valence-corrected chi connectivity index (χ1v) is 4.32. The fourth-order valence-electron chi connectivity index (χ4n) is 1.30. The third kappa shape index (κ3) is 1.89. The van der Waals surface area contributed by atoms with Crippen LogP contribution >= 0.6 is 0 Å². The van der Waals surface area contributed by atoms with Gasteiger partial charge in [0, 0.05) is 0 Å². The Kier molecular flexibility index (Phi) is 3.51. The number of nitrogens with zero attached hydrogens (tertiary/aromatic N) is 2. The summed E-state index contributed by atoms with van der Waals surface area (Å²) in [5.74, 6) is 0. The number of hydrogen-bond donors (Lipinski definition) is 0. The molecule has 15 heteroatoms. The molecular weight excluding hydrogens is 344 g/mol. The van der Waals surface area contributed by atoms with E-state index in [9.17, 15) is 57.6 Å². The van der Waals surface area contributed by atoms with Crippen LogP contribution in [0, 0.1) is 0 Å². The van der Waals surface area contributed by atoms with E-state index >= 15 is 0 Å². The molecule has 21 heavy (non-hydrogen) atoms. The van der Waals surface area contributed by atoms with Crippen LogP contribution in [0.2, 0.25) is 0 Å². The zero-order valence-electron chi connectivity index (χ0n) is 8.84. The Balaban J connectivity index is 3.70. The van der Waals surface area contributed by atoms with Gasteiger partial charge in [0.1, 0.15) is 0 Å². The van der Waals surface area contributed by atoms with Gasteiger partial charge in [-0.15, -0.1) is 4.48 Å². The van der Waals surface area contributed by atoms with Crippen molar-refractivity contribution in [3.8, 4) is 0 Å². The topological polar surface area (TPSA) is 23.6 Å². The van der Waals surface area contributed by atoms with Crippen molar-refractivity contribution < 1.29 is 57.6 Å². The van der Waals surface area contributed by atoms with Crippen LogP contribution < -0.4 is 0 Å². The normalized spacial score (nSPS) is 28.4. The summed E-state index contributed by atoms with van der Waals surface area (Å²) < 4.78 is 152. The zero-order valence-corrected chi connectivity index (χ0v) is 8.84. The van der Waals surface area contributed by atoms with E-state index in [1.807, 2.05) is 0 Å². The molecule has 0 spiro atoms. The Bertz CT molecular complexity index is 433. The number of rotatable bonds is 2. The van der Waals surface area contributed by atoms with Crippen LogP contribution in [-0.2, 0) is 4.79 Å². The number of alkyl halides is 10. The first kappa shape index (κ1) is 17.8. The first-order valence-electron chi connectivity index (χ1n) is 4.32. The fourth-order valence-corrected chi connectivity index (χ4v) is 1.30. The number of hydrogen-bond acceptors (Lipinski definition) is 3. The molecule has 0 unspecified atom stereocenters. The van der Waals surface area contributed by atoms with E-state index in [4.69, 9.17) is 0 Å². The molecule has 0 amide bonds. The van der Waals surface area contributed by atoms with E-state index in [1.54, 1.807) is 0 Å². The molecule has 0 atom stereocenters. The van der Waals surface area contributed by atoms with E-state index in [0.29, 0.717) is 0 Å². The minimum Gasteiger partial charge on any atom is -0.252 e. The van der Waals surface area contributed by atoms with Crippen LogP contribution in [0.25, 0.3) is 0 Å². The van der Waals surface area contributed by atoms with Gasteiger partial charge in [-0.25, -0.2) is 0 Å². The van der Waals surface area contributed by atoms with Crippen molar-refractivity contribution in [3.05, 3.63) is 0 Å². The van der Waals surface area contributed by atoms with Crippen molar-refractivity contribution in [2.24, 2.45) is 0 Å². The molecule has 124 valence electrons. The molecule has 3 nitrogen and oxygen atoms in total.